The molecule has 0 unspecified atom stereocenters. The molecule has 0 saturated heterocycles. The van der Waals surface area contributed by atoms with E-state index in [-0.39, 0.29) is 30.0 Å². The van der Waals surface area contributed by atoms with Crippen molar-refractivity contribution in [1.82, 2.24) is 15.6 Å². The van der Waals surface area contributed by atoms with Gasteiger partial charge in [-0.05, 0) is 41.7 Å². The molecule has 0 aliphatic heterocycles. The zero-order chi connectivity index (χ0) is 18.9. The van der Waals surface area contributed by atoms with Crippen LogP contribution in [0, 0.1) is 11.7 Å². The summed E-state index contributed by atoms with van der Waals surface area (Å²) in [7, 11) is 0. The molecule has 0 fully saturated rings. The Morgan fingerprint density at radius 2 is 1.85 bits per heavy atom. The monoisotopic (exact) mass is 357 g/mol. The Morgan fingerprint density at radius 1 is 1.12 bits per heavy atom. The molecule has 2 aromatic rings. The van der Waals surface area contributed by atoms with Crippen LogP contribution in [0.5, 0.6) is 0 Å². The van der Waals surface area contributed by atoms with Crippen LogP contribution in [0.4, 0.5) is 4.39 Å². The lowest BCUT2D eigenvalue weighted by molar-refractivity contribution is -0.129. The van der Waals surface area contributed by atoms with Crippen LogP contribution in [0.25, 0.3) is 0 Å². The summed E-state index contributed by atoms with van der Waals surface area (Å²) in [6.07, 6.45) is 3.99. The van der Waals surface area contributed by atoms with Gasteiger partial charge in [0.2, 0.25) is 11.8 Å². The van der Waals surface area contributed by atoms with Crippen molar-refractivity contribution in [3.63, 3.8) is 0 Å². The van der Waals surface area contributed by atoms with Crippen LogP contribution in [0.1, 0.15) is 31.4 Å². The van der Waals surface area contributed by atoms with E-state index in [4.69, 9.17) is 0 Å². The highest BCUT2D eigenvalue weighted by atomic mass is 19.1. The highest BCUT2D eigenvalue weighted by molar-refractivity contribution is 5.88. The molecule has 0 bridgehead atoms. The standard InChI is InChI=1S/C20H24FN3O2/c1-14(2)10-18(20(26)23-13-16-4-3-9-22-12-16)24-19(25)11-15-5-7-17(21)8-6-15/h3-9,12,14,18H,10-11,13H2,1-2H3,(H,23,26)(H,24,25)/t18-/m0/s1. The number of hydrogen-bond donors (Lipinski definition) is 2. The van der Waals surface area contributed by atoms with Gasteiger partial charge in [0.15, 0.2) is 0 Å². The molecule has 2 amide bonds. The first-order valence-corrected chi connectivity index (χ1v) is 8.64. The Hall–Kier alpha value is -2.76. The Labute approximate surface area is 153 Å². The molecule has 1 atom stereocenters. The van der Waals surface area contributed by atoms with E-state index in [9.17, 15) is 14.0 Å². The molecule has 26 heavy (non-hydrogen) atoms. The highest BCUT2D eigenvalue weighted by Gasteiger charge is 2.21. The zero-order valence-electron chi connectivity index (χ0n) is 15.0. The first-order valence-electron chi connectivity index (χ1n) is 8.64. The molecule has 1 aromatic heterocycles. The van der Waals surface area contributed by atoms with Gasteiger partial charge in [0.25, 0.3) is 0 Å². The van der Waals surface area contributed by atoms with E-state index < -0.39 is 6.04 Å². The third kappa shape index (κ3) is 6.63. The van der Waals surface area contributed by atoms with Crippen LogP contribution in [0.15, 0.2) is 48.8 Å². The summed E-state index contributed by atoms with van der Waals surface area (Å²) in [5.74, 6) is -0.592. The maximum Gasteiger partial charge on any atom is 0.242 e. The average Bonchev–Trinajstić information content (AvgIpc) is 2.61. The molecule has 138 valence electrons. The van der Waals surface area contributed by atoms with Gasteiger partial charge in [-0.3, -0.25) is 14.6 Å². The summed E-state index contributed by atoms with van der Waals surface area (Å²) in [6.45, 7) is 4.34. The molecule has 1 heterocycles. The highest BCUT2D eigenvalue weighted by Crippen LogP contribution is 2.08. The van der Waals surface area contributed by atoms with E-state index in [1.165, 1.54) is 12.1 Å². The molecule has 0 saturated carbocycles. The summed E-state index contributed by atoms with van der Waals surface area (Å²) >= 11 is 0. The number of halogens is 1. The summed E-state index contributed by atoms with van der Waals surface area (Å²) in [5, 5.41) is 5.62. The first-order chi connectivity index (χ1) is 12.4. The third-order valence-corrected chi connectivity index (χ3v) is 3.83. The number of nitrogens with zero attached hydrogens (tertiary/aromatic N) is 1. The van der Waals surface area contributed by atoms with Crippen LogP contribution in [0.2, 0.25) is 0 Å². The third-order valence-electron chi connectivity index (χ3n) is 3.83. The number of hydrogen-bond acceptors (Lipinski definition) is 3. The van der Waals surface area contributed by atoms with Crippen molar-refractivity contribution in [2.45, 2.75) is 39.3 Å². The van der Waals surface area contributed by atoms with Crippen molar-refractivity contribution in [2.75, 3.05) is 0 Å². The van der Waals surface area contributed by atoms with E-state index in [1.54, 1.807) is 30.6 Å². The van der Waals surface area contributed by atoms with E-state index in [1.807, 2.05) is 19.9 Å². The van der Waals surface area contributed by atoms with E-state index in [0.29, 0.717) is 18.5 Å². The van der Waals surface area contributed by atoms with Gasteiger partial charge in [0.1, 0.15) is 11.9 Å². The number of carbonyl (C=O) groups is 2. The van der Waals surface area contributed by atoms with Gasteiger partial charge in [-0.15, -0.1) is 0 Å². The van der Waals surface area contributed by atoms with Crippen LogP contribution >= 0.6 is 0 Å². The Morgan fingerprint density at radius 3 is 2.46 bits per heavy atom. The Balaban J connectivity index is 1.93. The predicted octanol–water partition coefficient (Wildman–Crippen LogP) is 2.61. The number of aromatic nitrogens is 1. The maximum absolute atomic E-state index is 13.0. The minimum absolute atomic E-state index is 0.102. The fraction of sp³-hybridized carbons (Fsp3) is 0.350. The van der Waals surface area contributed by atoms with Crippen LogP contribution in [-0.4, -0.2) is 22.8 Å². The summed E-state index contributed by atoms with van der Waals surface area (Å²) < 4.78 is 13.0. The van der Waals surface area contributed by atoms with E-state index in [0.717, 1.165) is 5.56 Å². The van der Waals surface area contributed by atoms with Gasteiger partial charge in [0.05, 0.1) is 6.42 Å². The van der Waals surface area contributed by atoms with Crippen LogP contribution in [-0.2, 0) is 22.6 Å². The summed E-state index contributed by atoms with van der Waals surface area (Å²) in [4.78, 5) is 28.8. The molecule has 0 radical (unpaired) electrons. The number of amides is 2. The molecule has 1 aromatic carbocycles. The minimum atomic E-state index is -0.611. The lowest BCUT2D eigenvalue weighted by Crippen LogP contribution is -2.47. The lowest BCUT2D eigenvalue weighted by Gasteiger charge is -2.20. The van der Waals surface area contributed by atoms with Crippen molar-refractivity contribution in [1.29, 1.82) is 0 Å². The molecule has 0 aliphatic rings. The van der Waals surface area contributed by atoms with Gasteiger partial charge < -0.3 is 10.6 Å². The fourth-order valence-electron chi connectivity index (χ4n) is 2.55. The quantitative estimate of drug-likeness (QED) is 0.763. The van der Waals surface area contributed by atoms with Crippen molar-refractivity contribution < 1.29 is 14.0 Å². The molecule has 2 N–H and O–H groups in total. The van der Waals surface area contributed by atoms with E-state index >= 15 is 0 Å². The number of nitrogens with one attached hydrogen (secondary N) is 2. The SMILES string of the molecule is CC(C)C[C@H](NC(=O)Cc1ccc(F)cc1)C(=O)NCc1cccnc1. The normalized spacial score (nSPS) is 11.8. The minimum Gasteiger partial charge on any atom is -0.350 e. The summed E-state index contributed by atoms with van der Waals surface area (Å²) in [6, 6.07) is 8.82. The molecular formula is C20H24FN3O2. The number of rotatable bonds is 8. The van der Waals surface area contributed by atoms with Crippen molar-refractivity contribution in [3.05, 3.63) is 65.7 Å². The largest absolute Gasteiger partial charge is 0.350 e. The van der Waals surface area contributed by atoms with Crippen molar-refractivity contribution >= 4 is 11.8 Å². The fourth-order valence-corrected chi connectivity index (χ4v) is 2.55. The van der Waals surface area contributed by atoms with E-state index in [2.05, 4.69) is 15.6 Å². The molecular weight excluding hydrogens is 333 g/mol. The molecule has 5 nitrogen and oxygen atoms in total. The first kappa shape index (κ1) is 19.6. The topological polar surface area (TPSA) is 71.1 Å². The zero-order valence-corrected chi connectivity index (χ0v) is 15.0. The second-order valence-electron chi connectivity index (χ2n) is 6.63. The Kier molecular flexibility index (Phi) is 7.26. The number of benzene rings is 1. The van der Waals surface area contributed by atoms with Gasteiger partial charge in [0, 0.05) is 18.9 Å². The molecule has 2 rings (SSSR count). The second kappa shape index (κ2) is 9.65. The van der Waals surface area contributed by atoms with Gasteiger partial charge >= 0.3 is 0 Å². The molecule has 6 heteroatoms. The van der Waals surface area contributed by atoms with Crippen molar-refractivity contribution in [3.8, 4) is 0 Å². The summed E-state index contributed by atoms with van der Waals surface area (Å²) in [5.41, 5.74) is 1.59. The average molecular weight is 357 g/mol. The molecule has 0 aliphatic carbocycles. The maximum atomic E-state index is 13.0. The second-order valence-corrected chi connectivity index (χ2v) is 6.63. The van der Waals surface area contributed by atoms with Gasteiger partial charge in [-0.1, -0.05) is 32.0 Å². The van der Waals surface area contributed by atoms with Crippen LogP contribution < -0.4 is 10.6 Å². The number of pyridine rings is 1. The van der Waals surface area contributed by atoms with Crippen molar-refractivity contribution in [2.24, 2.45) is 5.92 Å². The van der Waals surface area contributed by atoms with Crippen LogP contribution in [0.3, 0.4) is 0 Å². The van der Waals surface area contributed by atoms with Gasteiger partial charge in [-0.2, -0.15) is 0 Å². The lowest BCUT2D eigenvalue weighted by atomic mass is 10.0. The number of carbonyl (C=O) groups excluding carboxylic acids is 2. The smallest absolute Gasteiger partial charge is 0.242 e. The molecule has 0 spiro atoms. The van der Waals surface area contributed by atoms with Gasteiger partial charge in [-0.25, -0.2) is 4.39 Å². The predicted molar refractivity (Wildman–Crippen MR) is 97.6 cm³/mol. The Bertz CT molecular complexity index is 718.